The van der Waals surface area contributed by atoms with Crippen molar-refractivity contribution >= 4 is 47.0 Å². The van der Waals surface area contributed by atoms with Crippen LogP contribution in [0.2, 0.25) is 0 Å². The summed E-state index contributed by atoms with van der Waals surface area (Å²) in [6.45, 7) is 4.36. The van der Waals surface area contributed by atoms with Crippen LogP contribution >= 0.6 is 47.0 Å². The van der Waals surface area contributed by atoms with Crippen molar-refractivity contribution in [3.63, 3.8) is 0 Å². The molecule has 4 rings (SSSR count). The van der Waals surface area contributed by atoms with Gasteiger partial charge in [-0.1, -0.05) is 47.0 Å². The maximum atomic E-state index is 9.29. The third-order valence-electron chi connectivity index (χ3n) is 4.07. The Hall–Kier alpha value is -0.380. The lowest BCUT2D eigenvalue weighted by Crippen LogP contribution is -2.06. The molecule has 128 valence electrons. The largest absolute Gasteiger partial charge is 0.394 e. The van der Waals surface area contributed by atoms with Crippen LogP contribution in [0.25, 0.3) is 0 Å². The number of rotatable bonds is 4. The average molecular weight is 399 g/mol. The molecular formula is C16H18N2O2S4. The van der Waals surface area contributed by atoms with Gasteiger partial charge in [0.2, 0.25) is 0 Å². The summed E-state index contributed by atoms with van der Waals surface area (Å²) in [5.41, 5.74) is 0. The van der Waals surface area contributed by atoms with Gasteiger partial charge in [-0.2, -0.15) is 0 Å². The number of nitrogens with zero attached hydrogens (tertiary/aromatic N) is 2. The molecular weight excluding hydrogens is 380 g/mol. The lowest BCUT2D eigenvalue weighted by atomic mass is 10.4. The highest BCUT2D eigenvalue weighted by Gasteiger charge is 2.29. The van der Waals surface area contributed by atoms with E-state index >= 15 is 0 Å². The van der Waals surface area contributed by atoms with E-state index in [4.69, 9.17) is 0 Å². The first-order chi connectivity index (χ1) is 11.6. The van der Waals surface area contributed by atoms with Crippen molar-refractivity contribution in [3.8, 4) is 0 Å². The molecule has 4 heterocycles. The molecule has 2 aromatic heterocycles. The lowest BCUT2D eigenvalue weighted by molar-refractivity contribution is 0.238. The van der Waals surface area contributed by atoms with Gasteiger partial charge in [-0.3, -0.25) is 0 Å². The molecule has 0 spiro atoms. The van der Waals surface area contributed by atoms with Gasteiger partial charge in [-0.15, -0.1) is 0 Å². The van der Waals surface area contributed by atoms with E-state index < -0.39 is 0 Å². The van der Waals surface area contributed by atoms with Gasteiger partial charge in [0.1, 0.15) is 0 Å². The zero-order valence-corrected chi connectivity index (χ0v) is 16.6. The third kappa shape index (κ3) is 2.97. The van der Waals surface area contributed by atoms with E-state index in [1.807, 2.05) is 60.9 Å². The zero-order chi connectivity index (χ0) is 16.8. The van der Waals surface area contributed by atoms with Crippen molar-refractivity contribution in [2.75, 3.05) is 13.2 Å². The molecule has 2 aromatic rings. The fraction of sp³-hybridized carbons (Fsp3) is 0.375. The van der Waals surface area contributed by atoms with E-state index in [1.54, 1.807) is 0 Å². The van der Waals surface area contributed by atoms with Gasteiger partial charge in [0.15, 0.2) is 0 Å². The summed E-state index contributed by atoms with van der Waals surface area (Å²) in [5, 5.41) is 18.6. The van der Waals surface area contributed by atoms with E-state index in [-0.39, 0.29) is 25.3 Å². The van der Waals surface area contributed by atoms with E-state index in [0.717, 1.165) is 0 Å². The molecule has 0 aliphatic carbocycles. The second kappa shape index (κ2) is 6.74. The molecule has 24 heavy (non-hydrogen) atoms. The minimum atomic E-state index is 0.122. The van der Waals surface area contributed by atoms with E-state index in [0.29, 0.717) is 0 Å². The van der Waals surface area contributed by atoms with Gasteiger partial charge in [0, 0.05) is 44.4 Å². The van der Waals surface area contributed by atoms with Crippen molar-refractivity contribution in [2.45, 2.75) is 45.5 Å². The minimum absolute atomic E-state index is 0.122. The van der Waals surface area contributed by atoms with Crippen LogP contribution in [0.3, 0.4) is 0 Å². The molecule has 4 nitrogen and oxygen atoms in total. The monoisotopic (exact) mass is 398 g/mol. The summed E-state index contributed by atoms with van der Waals surface area (Å²) >= 11 is 7.29. The van der Waals surface area contributed by atoms with E-state index in [2.05, 4.69) is 33.9 Å². The smallest absolute Gasteiger partial charge is 0.0707 e. The second-order valence-corrected chi connectivity index (χ2v) is 10.6. The number of hydrogen-bond donors (Lipinski definition) is 2. The van der Waals surface area contributed by atoms with Gasteiger partial charge in [-0.25, -0.2) is 0 Å². The Kier molecular flexibility index (Phi) is 4.79. The van der Waals surface area contributed by atoms with Crippen molar-refractivity contribution in [1.29, 1.82) is 0 Å². The summed E-state index contributed by atoms with van der Waals surface area (Å²) in [4.78, 5) is 5.11. The summed E-state index contributed by atoms with van der Waals surface area (Å²) < 4.78 is 6.87. The van der Waals surface area contributed by atoms with Crippen molar-refractivity contribution in [2.24, 2.45) is 0 Å². The molecule has 2 aliphatic heterocycles. The van der Waals surface area contributed by atoms with Gasteiger partial charge >= 0.3 is 0 Å². The first-order valence-electron chi connectivity index (χ1n) is 7.69. The van der Waals surface area contributed by atoms with Crippen LogP contribution in [0.4, 0.5) is 0 Å². The first kappa shape index (κ1) is 17.1. The second-order valence-electron chi connectivity index (χ2n) is 5.91. The lowest BCUT2D eigenvalue weighted by Gasteiger charge is -2.10. The molecule has 0 amide bonds. The highest BCUT2D eigenvalue weighted by atomic mass is 32.2. The molecule has 0 saturated heterocycles. The number of aliphatic hydroxyl groups excluding tert-OH is 2. The molecule has 2 N–H and O–H groups in total. The van der Waals surface area contributed by atoms with Crippen LogP contribution in [0.15, 0.2) is 52.8 Å². The van der Waals surface area contributed by atoms with Gasteiger partial charge in [0.25, 0.3) is 0 Å². The Morgan fingerprint density at radius 3 is 1.25 bits per heavy atom. The molecule has 0 bridgehead atoms. The summed E-state index contributed by atoms with van der Waals surface area (Å²) in [7, 11) is 0. The molecule has 0 unspecified atom stereocenters. The molecule has 0 fully saturated rings. The quantitative estimate of drug-likeness (QED) is 0.784. The normalized spacial score (nSPS) is 18.8. The molecule has 8 heteroatoms. The van der Waals surface area contributed by atoms with Crippen molar-refractivity contribution < 1.29 is 10.2 Å². The zero-order valence-electron chi connectivity index (χ0n) is 13.3. The number of thioether (sulfide) groups is 4. The Balaban J connectivity index is 1.51. The fourth-order valence-electron chi connectivity index (χ4n) is 2.48. The summed E-state index contributed by atoms with van der Waals surface area (Å²) in [5.74, 6) is 0. The molecule has 0 aromatic carbocycles. The van der Waals surface area contributed by atoms with Gasteiger partial charge in [-0.05, 0) is 13.8 Å². The number of aliphatic hydroxyl groups is 2. The predicted octanol–water partition coefficient (Wildman–Crippen LogP) is 4.62. The fourth-order valence-corrected chi connectivity index (χ4v) is 7.84. The van der Waals surface area contributed by atoms with Crippen LogP contribution in [-0.4, -0.2) is 32.6 Å². The van der Waals surface area contributed by atoms with Crippen molar-refractivity contribution in [3.05, 3.63) is 33.3 Å². The third-order valence-corrected chi connectivity index (χ3v) is 9.59. The van der Waals surface area contributed by atoms with Crippen LogP contribution in [0.5, 0.6) is 0 Å². The molecule has 0 saturated carbocycles. The number of aromatic nitrogens is 2. The highest BCUT2D eigenvalue weighted by Crippen LogP contribution is 2.61. The van der Waals surface area contributed by atoms with Crippen LogP contribution < -0.4 is 0 Å². The Bertz CT molecular complexity index is 694. The standard InChI is InChI=1S/C16H18N2O2S4/c1-9(7-19)17-3-11-12(4-17)22-15(21-11)16-23-13-5-18(10(2)8-20)6-14(13)24-16/h3-6,9-10,19-20H,7-8H2,1-2H3/t9-,10-/m0/s1. The Labute approximate surface area is 158 Å². The number of fused-ring (bicyclic) bond motifs is 2. The van der Waals surface area contributed by atoms with Crippen LogP contribution in [0.1, 0.15) is 25.9 Å². The Morgan fingerprint density at radius 1 is 0.708 bits per heavy atom. The molecule has 0 radical (unpaired) electrons. The number of hydrogen-bond acceptors (Lipinski definition) is 6. The highest BCUT2D eigenvalue weighted by molar-refractivity contribution is 8.30. The van der Waals surface area contributed by atoms with E-state index in [9.17, 15) is 10.2 Å². The first-order valence-corrected chi connectivity index (χ1v) is 11.0. The summed E-state index contributed by atoms with van der Waals surface area (Å²) in [6.07, 6.45) is 8.54. The topological polar surface area (TPSA) is 50.3 Å². The molecule has 2 aliphatic rings. The maximum Gasteiger partial charge on any atom is 0.0707 e. The molecule has 2 atom stereocenters. The van der Waals surface area contributed by atoms with Crippen molar-refractivity contribution in [1.82, 2.24) is 9.13 Å². The average Bonchev–Trinajstić information content (AvgIpc) is 3.29. The predicted molar refractivity (Wildman–Crippen MR) is 103 cm³/mol. The Morgan fingerprint density at radius 2 is 1.00 bits per heavy atom. The van der Waals surface area contributed by atoms with Gasteiger partial charge < -0.3 is 19.3 Å². The van der Waals surface area contributed by atoms with Crippen LogP contribution in [0, 0.1) is 0 Å². The maximum absolute atomic E-state index is 9.29. The minimum Gasteiger partial charge on any atom is -0.394 e. The summed E-state index contributed by atoms with van der Waals surface area (Å²) in [6, 6.07) is 0.245. The van der Waals surface area contributed by atoms with E-state index in [1.165, 1.54) is 28.1 Å². The van der Waals surface area contributed by atoms with Gasteiger partial charge in [0.05, 0.1) is 33.8 Å². The SMILES string of the molecule is C[C@@H](CO)n1cc2c(c1)SC(=C1Sc3cn([C@@H](C)CO)cc3S1)S2. The van der Waals surface area contributed by atoms with Crippen LogP contribution in [-0.2, 0) is 0 Å².